The van der Waals surface area contributed by atoms with Crippen LogP contribution >= 0.6 is 0 Å². The Kier molecular flexibility index (Phi) is 4.10. The van der Waals surface area contributed by atoms with E-state index in [-0.39, 0.29) is 11.9 Å². The molecule has 1 aromatic heterocycles. The lowest BCUT2D eigenvalue weighted by Crippen LogP contribution is -2.30. The maximum atomic E-state index is 13.3. The van der Waals surface area contributed by atoms with E-state index in [0.717, 1.165) is 23.2 Å². The Morgan fingerprint density at radius 1 is 1.04 bits per heavy atom. The first kappa shape index (κ1) is 17.0. The van der Waals surface area contributed by atoms with Gasteiger partial charge in [0.25, 0.3) is 5.91 Å². The molecule has 0 bridgehead atoms. The summed E-state index contributed by atoms with van der Waals surface area (Å²) in [5, 5.41) is 13.9. The molecule has 0 spiro atoms. The molecule has 2 N–H and O–H groups in total. The Balaban J connectivity index is 1.47. The molecular weight excluding hydrogens is 350 g/mol. The molecule has 140 valence electrons. The van der Waals surface area contributed by atoms with Crippen LogP contribution in [-0.2, 0) is 12.8 Å². The molecule has 5 rings (SSSR count). The number of aliphatic hydroxyl groups is 1. The molecular formula is C23H21N3O2. The van der Waals surface area contributed by atoms with Gasteiger partial charge in [0.15, 0.2) is 0 Å². The minimum Gasteiger partial charge on any atom is -0.390 e. The van der Waals surface area contributed by atoms with Crippen molar-refractivity contribution >= 4 is 17.4 Å². The van der Waals surface area contributed by atoms with E-state index in [4.69, 9.17) is 0 Å². The lowest BCUT2D eigenvalue weighted by molar-refractivity contribution is 0.0989. The molecule has 1 aliphatic heterocycles. The minimum absolute atomic E-state index is 0.0682. The fraction of sp³-hybridized carbons (Fsp3) is 0.217. The van der Waals surface area contributed by atoms with E-state index in [1.54, 1.807) is 18.3 Å². The van der Waals surface area contributed by atoms with Gasteiger partial charge in [0.05, 0.1) is 17.7 Å². The second-order valence-electron chi connectivity index (χ2n) is 7.33. The van der Waals surface area contributed by atoms with Crippen LogP contribution in [0.25, 0.3) is 0 Å². The van der Waals surface area contributed by atoms with E-state index in [2.05, 4.69) is 16.4 Å². The van der Waals surface area contributed by atoms with Crippen molar-refractivity contribution in [3.8, 4) is 0 Å². The summed E-state index contributed by atoms with van der Waals surface area (Å²) >= 11 is 0. The number of carbonyl (C=O) groups excluding carboxylic acids is 1. The number of hydrogen-bond donors (Lipinski definition) is 2. The molecule has 0 unspecified atom stereocenters. The number of carbonyl (C=O) groups is 1. The van der Waals surface area contributed by atoms with Crippen molar-refractivity contribution in [2.75, 3.05) is 16.8 Å². The first-order chi connectivity index (χ1) is 13.7. The number of hydrogen-bond acceptors (Lipinski definition) is 4. The van der Waals surface area contributed by atoms with E-state index in [0.29, 0.717) is 24.3 Å². The molecule has 0 fully saturated rings. The van der Waals surface area contributed by atoms with Crippen LogP contribution in [0, 0.1) is 0 Å². The highest BCUT2D eigenvalue weighted by Crippen LogP contribution is 2.35. The normalized spacial score (nSPS) is 20.0. The van der Waals surface area contributed by atoms with Crippen molar-refractivity contribution in [3.63, 3.8) is 0 Å². The Labute approximate surface area is 163 Å². The van der Waals surface area contributed by atoms with Gasteiger partial charge >= 0.3 is 0 Å². The number of amides is 1. The van der Waals surface area contributed by atoms with Crippen LogP contribution in [-0.4, -0.2) is 28.6 Å². The third-order valence-electron chi connectivity index (χ3n) is 5.67. The van der Waals surface area contributed by atoms with Crippen molar-refractivity contribution < 1.29 is 9.90 Å². The van der Waals surface area contributed by atoms with E-state index in [1.807, 2.05) is 47.4 Å². The highest BCUT2D eigenvalue weighted by molar-refractivity contribution is 6.10. The number of aromatic nitrogens is 1. The number of para-hydroxylation sites is 1. The Morgan fingerprint density at radius 3 is 2.71 bits per heavy atom. The lowest BCUT2D eigenvalue weighted by atomic mass is 10.1. The maximum absolute atomic E-state index is 13.3. The van der Waals surface area contributed by atoms with Gasteiger partial charge in [-0.1, -0.05) is 42.5 Å². The Morgan fingerprint density at radius 2 is 1.82 bits per heavy atom. The van der Waals surface area contributed by atoms with Crippen molar-refractivity contribution in [2.24, 2.45) is 0 Å². The SMILES string of the molecule is O=C(c1cccnc1N[C@H]1c2ccccc2C[C@H]1O)N1CCc2ccccc21. The zero-order valence-corrected chi connectivity index (χ0v) is 15.4. The molecule has 0 saturated carbocycles. The van der Waals surface area contributed by atoms with Gasteiger partial charge in [-0.05, 0) is 41.3 Å². The van der Waals surface area contributed by atoms with E-state index < -0.39 is 6.10 Å². The number of nitrogens with one attached hydrogen (secondary N) is 1. The van der Waals surface area contributed by atoms with Crippen LogP contribution < -0.4 is 10.2 Å². The van der Waals surface area contributed by atoms with Crippen LogP contribution in [0.2, 0.25) is 0 Å². The Hall–Kier alpha value is -3.18. The molecule has 5 nitrogen and oxygen atoms in total. The van der Waals surface area contributed by atoms with Gasteiger partial charge in [0, 0.05) is 24.8 Å². The number of anilines is 2. The number of benzene rings is 2. The largest absolute Gasteiger partial charge is 0.390 e. The molecule has 28 heavy (non-hydrogen) atoms. The standard InChI is InChI=1S/C23H21N3O2/c27-20-14-16-7-1-3-8-17(16)21(20)25-22-18(9-5-12-24-22)23(28)26-13-11-15-6-2-4-10-19(15)26/h1-10,12,20-21,27H,11,13-14H2,(H,24,25)/t20-,21+/m1/s1. The molecule has 2 aromatic carbocycles. The molecule has 5 heteroatoms. The van der Waals surface area contributed by atoms with Gasteiger partial charge < -0.3 is 15.3 Å². The number of nitrogens with zero attached hydrogens (tertiary/aromatic N) is 2. The van der Waals surface area contributed by atoms with Crippen LogP contribution in [0.4, 0.5) is 11.5 Å². The minimum atomic E-state index is -0.546. The molecule has 0 radical (unpaired) electrons. The van der Waals surface area contributed by atoms with Gasteiger partial charge in [-0.3, -0.25) is 4.79 Å². The highest BCUT2D eigenvalue weighted by atomic mass is 16.3. The van der Waals surface area contributed by atoms with Gasteiger partial charge in [0.1, 0.15) is 5.82 Å². The average molecular weight is 371 g/mol. The molecule has 1 amide bonds. The zero-order valence-electron chi connectivity index (χ0n) is 15.4. The maximum Gasteiger partial charge on any atom is 0.262 e. The van der Waals surface area contributed by atoms with Crippen LogP contribution in [0.15, 0.2) is 66.9 Å². The van der Waals surface area contributed by atoms with Gasteiger partial charge in [-0.25, -0.2) is 4.98 Å². The second kappa shape index (κ2) is 6.77. The number of pyridine rings is 1. The fourth-order valence-corrected chi connectivity index (χ4v) is 4.28. The number of fused-ring (bicyclic) bond motifs is 2. The predicted molar refractivity (Wildman–Crippen MR) is 109 cm³/mol. The van der Waals surface area contributed by atoms with Gasteiger partial charge in [-0.15, -0.1) is 0 Å². The van der Waals surface area contributed by atoms with Gasteiger partial charge in [0.2, 0.25) is 0 Å². The molecule has 0 saturated heterocycles. The first-order valence-corrected chi connectivity index (χ1v) is 9.59. The third kappa shape index (κ3) is 2.75. The zero-order chi connectivity index (χ0) is 19.1. The van der Waals surface area contributed by atoms with E-state index >= 15 is 0 Å². The summed E-state index contributed by atoms with van der Waals surface area (Å²) in [7, 11) is 0. The molecule has 2 aliphatic rings. The summed E-state index contributed by atoms with van der Waals surface area (Å²) in [5.74, 6) is 0.443. The smallest absolute Gasteiger partial charge is 0.262 e. The van der Waals surface area contributed by atoms with Crippen molar-refractivity contribution in [3.05, 3.63) is 89.1 Å². The van der Waals surface area contributed by atoms with Crippen LogP contribution in [0.1, 0.15) is 33.1 Å². The quantitative estimate of drug-likeness (QED) is 0.741. The average Bonchev–Trinajstić information content (AvgIpc) is 3.29. The Bertz CT molecular complexity index is 1050. The molecule has 1 aliphatic carbocycles. The summed E-state index contributed by atoms with van der Waals surface area (Å²) in [4.78, 5) is 19.6. The monoisotopic (exact) mass is 371 g/mol. The topological polar surface area (TPSA) is 65.5 Å². The fourth-order valence-electron chi connectivity index (χ4n) is 4.28. The van der Waals surface area contributed by atoms with Crippen molar-refractivity contribution in [1.29, 1.82) is 0 Å². The third-order valence-corrected chi connectivity index (χ3v) is 5.67. The molecule has 2 heterocycles. The van der Waals surface area contributed by atoms with Crippen LogP contribution in [0.5, 0.6) is 0 Å². The van der Waals surface area contributed by atoms with Crippen LogP contribution in [0.3, 0.4) is 0 Å². The summed E-state index contributed by atoms with van der Waals surface area (Å²) < 4.78 is 0. The van der Waals surface area contributed by atoms with Crippen molar-refractivity contribution in [1.82, 2.24) is 4.98 Å². The first-order valence-electron chi connectivity index (χ1n) is 9.59. The van der Waals surface area contributed by atoms with Gasteiger partial charge in [-0.2, -0.15) is 0 Å². The predicted octanol–water partition coefficient (Wildman–Crippen LogP) is 3.35. The lowest BCUT2D eigenvalue weighted by Gasteiger charge is -2.22. The summed E-state index contributed by atoms with van der Waals surface area (Å²) in [6, 6.07) is 19.3. The molecule has 2 atom stereocenters. The summed E-state index contributed by atoms with van der Waals surface area (Å²) in [5.41, 5.74) is 4.87. The van der Waals surface area contributed by atoms with E-state index in [9.17, 15) is 9.90 Å². The van der Waals surface area contributed by atoms with E-state index in [1.165, 1.54) is 5.56 Å². The summed E-state index contributed by atoms with van der Waals surface area (Å²) in [6.07, 6.45) is 2.59. The number of rotatable bonds is 3. The van der Waals surface area contributed by atoms with Crippen molar-refractivity contribution in [2.45, 2.75) is 25.0 Å². The molecule has 3 aromatic rings. The summed E-state index contributed by atoms with van der Waals surface area (Å²) in [6.45, 7) is 0.668. The number of aliphatic hydroxyl groups excluding tert-OH is 1. The highest BCUT2D eigenvalue weighted by Gasteiger charge is 2.33. The second-order valence-corrected chi connectivity index (χ2v) is 7.33.